The summed E-state index contributed by atoms with van der Waals surface area (Å²) in [5.41, 5.74) is 23.2. The van der Waals surface area contributed by atoms with Gasteiger partial charge in [-0.3, -0.25) is 0 Å². The van der Waals surface area contributed by atoms with E-state index in [0.717, 1.165) is 28.3 Å². The highest BCUT2D eigenvalue weighted by molar-refractivity contribution is 6.02. The topological polar surface area (TPSA) is 6.48 Å². The molecule has 328 valence electrons. The van der Waals surface area contributed by atoms with Gasteiger partial charge < -0.3 is 9.80 Å². The standard InChI is InChI=1S/C68H46N2/c1-5-24-47(25-6-1)52-32-15-20-40-62(52)70(65-43-23-39-60-66(65)55-34-14-17-36-57(55)67(60,48-26-7-2-8-27-48)49-28-9-3-10-29-49)51-44-45-54-53-33-13-16-35-56(53)68(61(54)46-51)58-37-18-21-41-63(58)69(50-30-11-4-12-31-50)64-42-22-19-38-59(64)68/h1-46H. The van der Waals surface area contributed by atoms with Gasteiger partial charge in [-0.2, -0.15) is 0 Å². The van der Waals surface area contributed by atoms with Crippen LogP contribution in [0.4, 0.5) is 34.1 Å². The van der Waals surface area contributed by atoms with Crippen LogP contribution in [-0.2, 0) is 10.8 Å². The number of anilines is 6. The van der Waals surface area contributed by atoms with Gasteiger partial charge in [0.05, 0.1) is 33.6 Å². The summed E-state index contributed by atoms with van der Waals surface area (Å²) in [5.74, 6) is 0. The largest absolute Gasteiger partial charge is 0.310 e. The summed E-state index contributed by atoms with van der Waals surface area (Å²) < 4.78 is 0. The summed E-state index contributed by atoms with van der Waals surface area (Å²) in [4.78, 5) is 5.02. The molecular formula is C68H46N2. The lowest BCUT2D eigenvalue weighted by atomic mass is 9.64. The predicted molar refractivity (Wildman–Crippen MR) is 289 cm³/mol. The van der Waals surface area contributed by atoms with E-state index in [1.165, 1.54) is 83.7 Å². The number of fused-ring (bicyclic) bond motifs is 12. The Bertz CT molecular complexity index is 3700. The van der Waals surface area contributed by atoms with Gasteiger partial charge in [-0.15, -0.1) is 0 Å². The first-order valence-electron chi connectivity index (χ1n) is 24.4. The van der Waals surface area contributed by atoms with Gasteiger partial charge in [-0.25, -0.2) is 0 Å². The van der Waals surface area contributed by atoms with Gasteiger partial charge in [-0.05, 0) is 115 Å². The first-order chi connectivity index (χ1) is 34.8. The highest BCUT2D eigenvalue weighted by Gasteiger charge is 2.52. The minimum atomic E-state index is -0.619. The molecule has 0 radical (unpaired) electrons. The minimum absolute atomic E-state index is 0.557. The second kappa shape index (κ2) is 15.8. The zero-order valence-electron chi connectivity index (χ0n) is 38.5. The molecule has 2 nitrogen and oxygen atoms in total. The molecule has 0 amide bonds. The summed E-state index contributed by atoms with van der Waals surface area (Å²) >= 11 is 0. The highest BCUT2D eigenvalue weighted by atomic mass is 15.2. The Morgan fingerprint density at radius 2 is 0.743 bits per heavy atom. The summed E-state index contributed by atoms with van der Waals surface area (Å²) in [5, 5.41) is 0. The number of hydrogen-bond donors (Lipinski definition) is 0. The molecule has 1 heterocycles. The molecule has 3 aliphatic rings. The molecular weight excluding hydrogens is 845 g/mol. The Balaban J connectivity index is 1.09. The zero-order chi connectivity index (χ0) is 46.2. The molecule has 1 aliphatic heterocycles. The lowest BCUT2D eigenvalue weighted by Gasteiger charge is -2.45. The highest BCUT2D eigenvalue weighted by Crippen LogP contribution is 2.65. The van der Waals surface area contributed by atoms with Gasteiger partial charge in [0.1, 0.15) is 0 Å². The van der Waals surface area contributed by atoms with Gasteiger partial charge >= 0.3 is 0 Å². The third-order valence-corrected chi connectivity index (χ3v) is 15.3. The summed E-state index contributed by atoms with van der Waals surface area (Å²) in [6, 6.07) is 104. The van der Waals surface area contributed by atoms with Crippen LogP contribution in [0, 0.1) is 0 Å². The van der Waals surface area contributed by atoms with Crippen LogP contribution in [0.3, 0.4) is 0 Å². The van der Waals surface area contributed by atoms with Gasteiger partial charge in [0.15, 0.2) is 0 Å². The van der Waals surface area contributed by atoms with Crippen LogP contribution in [-0.4, -0.2) is 0 Å². The van der Waals surface area contributed by atoms with E-state index in [0.29, 0.717) is 0 Å². The van der Waals surface area contributed by atoms with Crippen LogP contribution in [0.1, 0.15) is 44.5 Å². The molecule has 0 atom stereocenters. The van der Waals surface area contributed by atoms with E-state index in [1.807, 2.05) is 0 Å². The van der Waals surface area contributed by atoms with Gasteiger partial charge in [0.2, 0.25) is 0 Å². The van der Waals surface area contributed by atoms with E-state index < -0.39 is 10.8 Å². The van der Waals surface area contributed by atoms with E-state index in [4.69, 9.17) is 0 Å². The first-order valence-corrected chi connectivity index (χ1v) is 24.4. The second-order valence-corrected chi connectivity index (χ2v) is 18.7. The normalized spacial score (nSPS) is 13.9. The van der Waals surface area contributed by atoms with Gasteiger partial charge in [-0.1, -0.05) is 231 Å². The van der Waals surface area contributed by atoms with Crippen molar-refractivity contribution in [3.63, 3.8) is 0 Å². The van der Waals surface area contributed by atoms with Crippen molar-refractivity contribution in [2.75, 3.05) is 9.80 Å². The third-order valence-electron chi connectivity index (χ3n) is 15.3. The molecule has 0 N–H and O–H groups in total. The zero-order valence-corrected chi connectivity index (χ0v) is 38.5. The maximum absolute atomic E-state index is 2.57. The average Bonchev–Trinajstić information content (AvgIpc) is 3.91. The fourth-order valence-corrected chi connectivity index (χ4v) is 12.7. The predicted octanol–water partition coefficient (Wildman–Crippen LogP) is 17.3. The average molecular weight is 891 g/mol. The van der Waals surface area contributed by atoms with Crippen molar-refractivity contribution in [2.24, 2.45) is 0 Å². The van der Waals surface area contributed by atoms with E-state index in [-0.39, 0.29) is 0 Å². The lowest BCUT2D eigenvalue weighted by molar-refractivity contribution is 0.752. The summed E-state index contributed by atoms with van der Waals surface area (Å²) in [6.45, 7) is 0. The Morgan fingerprint density at radius 1 is 0.286 bits per heavy atom. The van der Waals surface area contributed by atoms with Gasteiger partial charge in [0, 0.05) is 22.5 Å². The van der Waals surface area contributed by atoms with Crippen LogP contribution in [0.15, 0.2) is 279 Å². The lowest BCUT2D eigenvalue weighted by Crippen LogP contribution is -2.36. The first kappa shape index (κ1) is 40.1. The monoisotopic (exact) mass is 890 g/mol. The number of nitrogens with zero attached hydrogens (tertiary/aromatic N) is 2. The Labute approximate surface area is 409 Å². The van der Waals surface area contributed by atoms with Crippen molar-refractivity contribution in [1.82, 2.24) is 0 Å². The summed E-state index contributed by atoms with van der Waals surface area (Å²) in [7, 11) is 0. The molecule has 0 unspecified atom stereocenters. The second-order valence-electron chi connectivity index (χ2n) is 18.7. The maximum Gasteiger partial charge on any atom is 0.0755 e. The number of hydrogen-bond acceptors (Lipinski definition) is 2. The Hall–Kier alpha value is -8.98. The van der Waals surface area contributed by atoms with Crippen LogP contribution in [0.5, 0.6) is 0 Å². The van der Waals surface area contributed by atoms with E-state index in [9.17, 15) is 0 Å². The molecule has 0 aromatic heterocycles. The molecule has 0 saturated heterocycles. The van der Waals surface area contributed by atoms with Crippen molar-refractivity contribution >= 4 is 34.1 Å². The number of benzene rings is 11. The molecule has 1 spiro atoms. The molecule has 0 bridgehead atoms. The van der Waals surface area contributed by atoms with Crippen LogP contribution < -0.4 is 9.80 Å². The van der Waals surface area contributed by atoms with Crippen molar-refractivity contribution in [2.45, 2.75) is 10.8 Å². The molecule has 14 rings (SSSR count). The fraction of sp³-hybridized carbons (Fsp3) is 0.0294. The van der Waals surface area contributed by atoms with Crippen LogP contribution >= 0.6 is 0 Å². The maximum atomic E-state index is 2.57. The fourth-order valence-electron chi connectivity index (χ4n) is 12.7. The third kappa shape index (κ3) is 5.56. The van der Waals surface area contributed by atoms with Crippen molar-refractivity contribution in [3.8, 4) is 33.4 Å². The van der Waals surface area contributed by atoms with Gasteiger partial charge in [0.25, 0.3) is 0 Å². The van der Waals surface area contributed by atoms with E-state index in [2.05, 4.69) is 289 Å². The van der Waals surface area contributed by atoms with Crippen molar-refractivity contribution in [1.29, 1.82) is 0 Å². The molecule has 0 fully saturated rings. The van der Waals surface area contributed by atoms with E-state index >= 15 is 0 Å². The van der Waals surface area contributed by atoms with Crippen LogP contribution in [0.25, 0.3) is 33.4 Å². The SMILES string of the molecule is c1ccc(-c2ccccc2N(c2ccc3c(c2)C2(c4ccccc4-3)c3ccccc3N(c3ccccc3)c3ccccc32)c2cccc3c2-c2ccccc2C3(c2ccccc2)c2ccccc2)cc1. The molecule has 2 heteroatoms. The number of para-hydroxylation sites is 4. The molecule has 0 saturated carbocycles. The van der Waals surface area contributed by atoms with E-state index in [1.54, 1.807) is 0 Å². The quantitative estimate of drug-likeness (QED) is 0.157. The molecule has 11 aromatic carbocycles. The van der Waals surface area contributed by atoms with Crippen LogP contribution in [0.2, 0.25) is 0 Å². The summed E-state index contributed by atoms with van der Waals surface area (Å²) in [6.07, 6.45) is 0. The Morgan fingerprint density at radius 3 is 1.39 bits per heavy atom. The molecule has 2 aliphatic carbocycles. The van der Waals surface area contributed by atoms with Crippen molar-refractivity contribution in [3.05, 3.63) is 324 Å². The Kier molecular flexibility index (Phi) is 9.06. The van der Waals surface area contributed by atoms with Crippen molar-refractivity contribution < 1.29 is 0 Å². The molecule has 11 aromatic rings. The molecule has 70 heavy (non-hydrogen) atoms. The smallest absolute Gasteiger partial charge is 0.0755 e. The minimum Gasteiger partial charge on any atom is -0.310 e. The number of rotatable bonds is 7.